The maximum Gasteiger partial charge on any atom is 0.127 e. The van der Waals surface area contributed by atoms with Crippen molar-refractivity contribution in [2.24, 2.45) is 7.05 Å². The average molecular weight is 223 g/mol. The van der Waals surface area contributed by atoms with E-state index >= 15 is 0 Å². The second kappa shape index (κ2) is 3.53. The molecule has 0 aliphatic carbocycles. The Kier molecular flexibility index (Phi) is 2.47. The van der Waals surface area contributed by atoms with Crippen LogP contribution in [-0.2, 0) is 7.05 Å². The lowest BCUT2D eigenvalue weighted by Gasteiger charge is -2.03. The largest absolute Gasteiger partial charge is 0.330 e. The number of fused-ring (bicyclic) bond motifs is 1. The zero-order valence-electron chi connectivity index (χ0n) is 9.50. The highest BCUT2D eigenvalue weighted by Crippen LogP contribution is 2.25. The van der Waals surface area contributed by atoms with E-state index in [9.17, 15) is 0 Å². The van der Waals surface area contributed by atoms with Gasteiger partial charge in [-0.3, -0.25) is 0 Å². The smallest absolute Gasteiger partial charge is 0.127 e. The van der Waals surface area contributed by atoms with Crippen molar-refractivity contribution in [3.05, 3.63) is 29.1 Å². The van der Waals surface area contributed by atoms with Gasteiger partial charge in [-0.2, -0.15) is 0 Å². The molecule has 2 rings (SSSR count). The summed E-state index contributed by atoms with van der Waals surface area (Å²) in [7, 11) is 2.01. The Labute approximate surface area is 94.9 Å². The van der Waals surface area contributed by atoms with E-state index in [4.69, 9.17) is 11.6 Å². The Hall–Kier alpha value is -1.02. The summed E-state index contributed by atoms with van der Waals surface area (Å²) in [6.45, 7) is 6.17. The number of benzene rings is 1. The molecular formula is C12H15ClN2. The van der Waals surface area contributed by atoms with Crippen LogP contribution in [0.3, 0.4) is 0 Å². The summed E-state index contributed by atoms with van der Waals surface area (Å²) in [6.07, 6.45) is 0. The molecule has 1 aromatic carbocycles. The molecular weight excluding hydrogens is 208 g/mol. The third kappa shape index (κ3) is 1.63. The van der Waals surface area contributed by atoms with Crippen LogP contribution in [0.1, 0.15) is 29.3 Å². The Balaban J connectivity index is 2.77. The van der Waals surface area contributed by atoms with Crippen LogP contribution in [0.2, 0.25) is 0 Å². The van der Waals surface area contributed by atoms with E-state index in [0.29, 0.717) is 0 Å². The number of aromatic nitrogens is 2. The number of nitrogens with zero attached hydrogens (tertiary/aromatic N) is 2. The van der Waals surface area contributed by atoms with Crippen LogP contribution >= 0.6 is 11.6 Å². The van der Waals surface area contributed by atoms with Crippen LogP contribution < -0.4 is 0 Å². The third-order valence-corrected chi connectivity index (χ3v) is 3.08. The van der Waals surface area contributed by atoms with Crippen LogP contribution in [0, 0.1) is 13.8 Å². The van der Waals surface area contributed by atoms with E-state index < -0.39 is 0 Å². The highest BCUT2D eigenvalue weighted by molar-refractivity contribution is 6.20. The van der Waals surface area contributed by atoms with Crippen LogP contribution in [-0.4, -0.2) is 9.55 Å². The molecule has 0 aliphatic heterocycles. The lowest BCUT2D eigenvalue weighted by Crippen LogP contribution is -1.97. The molecule has 0 bridgehead atoms. The first-order chi connectivity index (χ1) is 7.00. The normalized spacial score (nSPS) is 13.4. The van der Waals surface area contributed by atoms with E-state index in [1.54, 1.807) is 0 Å². The van der Waals surface area contributed by atoms with Crippen LogP contribution in [0.25, 0.3) is 11.0 Å². The molecule has 0 saturated carbocycles. The quantitative estimate of drug-likeness (QED) is 0.676. The van der Waals surface area contributed by atoms with E-state index in [1.807, 2.05) is 14.0 Å². The van der Waals surface area contributed by atoms with Gasteiger partial charge in [0.15, 0.2) is 0 Å². The fraction of sp³-hybridized carbons (Fsp3) is 0.417. The summed E-state index contributed by atoms with van der Waals surface area (Å²) in [4.78, 5) is 4.54. The molecule has 0 spiro atoms. The van der Waals surface area contributed by atoms with Crippen molar-refractivity contribution in [3.63, 3.8) is 0 Å². The minimum Gasteiger partial charge on any atom is -0.330 e. The minimum absolute atomic E-state index is 0.0528. The Morgan fingerprint density at radius 3 is 2.47 bits per heavy atom. The van der Waals surface area contributed by atoms with E-state index in [-0.39, 0.29) is 5.38 Å². The number of hydrogen-bond acceptors (Lipinski definition) is 1. The Morgan fingerprint density at radius 2 is 1.87 bits per heavy atom. The first-order valence-electron chi connectivity index (χ1n) is 5.08. The maximum absolute atomic E-state index is 6.08. The van der Waals surface area contributed by atoms with Gasteiger partial charge in [-0.05, 0) is 44.0 Å². The minimum atomic E-state index is -0.0528. The Morgan fingerprint density at radius 1 is 1.27 bits per heavy atom. The van der Waals surface area contributed by atoms with Gasteiger partial charge in [-0.1, -0.05) is 0 Å². The zero-order valence-corrected chi connectivity index (χ0v) is 10.3. The fourth-order valence-electron chi connectivity index (χ4n) is 1.82. The van der Waals surface area contributed by atoms with E-state index in [0.717, 1.165) is 16.9 Å². The number of alkyl halides is 1. The number of imidazole rings is 1. The summed E-state index contributed by atoms with van der Waals surface area (Å²) in [5.74, 6) is 0.927. The van der Waals surface area contributed by atoms with Crippen molar-refractivity contribution in [1.82, 2.24) is 9.55 Å². The van der Waals surface area contributed by atoms with Crippen molar-refractivity contribution in [2.45, 2.75) is 26.1 Å². The SMILES string of the molecule is Cc1cc2nc(C(C)Cl)n(C)c2cc1C. The molecule has 1 atom stereocenters. The molecule has 80 valence electrons. The molecule has 15 heavy (non-hydrogen) atoms. The van der Waals surface area contributed by atoms with Crippen molar-refractivity contribution >= 4 is 22.6 Å². The van der Waals surface area contributed by atoms with Crippen molar-refractivity contribution < 1.29 is 0 Å². The van der Waals surface area contributed by atoms with Gasteiger partial charge in [0, 0.05) is 7.05 Å². The predicted molar refractivity (Wildman–Crippen MR) is 64.5 cm³/mol. The lowest BCUT2D eigenvalue weighted by molar-refractivity contribution is 0.811. The predicted octanol–water partition coefficient (Wildman–Crippen LogP) is 3.49. The first kappa shape index (κ1) is 10.5. The molecule has 0 N–H and O–H groups in total. The molecule has 3 heteroatoms. The van der Waals surface area contributed by atoms with Gasteiger partial charge < -0.3 is 4.57 Å². The van der Waals surface area contributed by atoms with E-state index in [1.165, 1.54) is 11.1 Å². The van der Waals surface area contributed by atoms with Gasteiger partial charge in [0.1, 0.15) is 5.82 Å². The van der Waals surface area contributed by atoms with Gasteiger partial charge in [-0.25, -0.2) is 4.98 Å². The lowest BCUT2D eigenvalue weighted by atomic mass is 10.1. The van der Waals surface area contributed by atoms with Gasteiger partial charge in [0.2, 0.25) is 0 Å². The topological polar surface area (TPSA) is 17.8 Å². The molecule has 0 amide bonds. The summed E-state index contributed by atoms with van der Waals surface area (Å²) < 4.78 is 2.07. The zero-order chi connectivity index (χ0) is 11.2. The summed E-state index contributed by atoms with van der Waals surface area (Å²) in [5.41, 5.74) is 4.75. The van der Waals surface area contributed by atoms with Gasteiger partial charge in [0.05, 0.1) is 16.4 Å². The molecule has 0 saturated heterocycles. The first-order valence-corrected chi connectivity index (χ1v) is 5.52. The van der Waals surface area contributed by atoms with Crippen molar-refractivity contribution in [2.75, 3.05) is 0 Å². The third-order valence-electron chi connectivity index (χ3n) is 2.89. The molecule has 1 unspecified atom stereocenters. The fourth-order valence-corrected chi connectivity index (χ4v) is 2.02. The molecule has 0 radical (unpaired) electrons. The number of halogens is 1. The van der Waals surface area contributed by atoms with Crippen LogP contribution in [0.5, 0.6) is 0 Å². The second-order valence-corrected chi connectivity index (χ2v) is 4.72. The molecule has 1 heterocycles. The van der Waals surface area contributed by atoms with Gasteiger partial charge >= 0.3 is 0 Å². The van der Waals surface area contributed by atoms with Gasteiger partial charge in [-0.15, -0.1) is 11.6 Å². The molecule has 2 nitrogen and oxygen atoms in total. The Bertz CT molecular complexity index is 512. The highest BCUT2D eigenvalue weighted by atomic mass is 35.5. The summed E-state index contributed by atoms with van der Waals surface area (Å²) in [5, 5.41) is -0.0528. The highest BCUT2D eigenvalue weighted by Gasteiger charge is 2.12. The van der Waals surface area contributed by atoms with Crippen molar-refractivity contribution in [1.29, 1.82) is 0 Å². The number of hydrogen-bond donors (Lipinski definition) is 0. The maximum atomic E-state index is 6.08. The van der Waals surface area contributed by atoms with Crippen LogP contribution in [0.4, 0.5) is 0 Å². The van der Waals surface area contributed by atoms with Crippen LogP contribution in [0.15, 0.2) is 12.1 Å². The monoisotopic (exact) mass is 222 g/mol. The summed E-state index contributed by atoms with van der Waals surface area (Å²) in [6, 6.07) is 4.29. The molecule has 0 fully saturated rings. The van der Waals surface area contributed by atoms with E-state index in [2.05, 4.69) is 35.5 Å². The molecule has 2 aromatic rings. The second-order valence-electron chi connectivity index (χ2n) is 4.07. The van der Waals surface area contributed by atoms with Crippen molar-refractivity contribution in [3.8, 4) is 0 Å². The molecule has 1 aromatic heterocycles. The molecule has 0 aliphatic rings. The number of rotatable bonds is 1. The van der Waals surface area contributed by atoms with Gasteiger partial charge in [0.25, 0.3) is 0 Å². The average Bonchev–Trinajstić information content (AvgIpc) is 2.46. The summed E-state index contributed by atoms with van der Waals surface area (Å²) >= 11 is 6.08. The number of aryl methyl sites for hydroxylation is 3. The standard InChI is InChI=1S/C12H15ClN2/c1-7-5-10-11(6-8(7)2)15(4)12(14-10)9(3)13/h5-6,9H,1-4H3.